The maximum atomic E-state index is 12.3. The molecule has 1 aromatic carbocycles. The van der Waals surface area contributed by atoms with Crippen LogP contribution in [-0.4, -0.2) is 33.5 Å². The molecular formula is C20H27N3O3S. The van der Waals surface area contributed by atoms with Gasteiger partial charge in [0.15, 0.2) is 6.10 Å². The number of anilines is 1. The van der Waals surface area contributed by atoms with E-state index >= 15 is 0 Å². The van der Waals surface area contributed by atoms with Crippen molar-refractivity contribution < 1.29 is 14.3 Å². The molecule has 1 amide bonds. The fourth-order valence-electron chi connectivity index (χ4n) is 2.54. The van der Waals surface area contributed by atoms with E-state index < -0.39 is 6.10 Å². The summed E-state index contributed by atoms with van der Waals surface area (Å²) in [5.41, 5.74) is 4.72. The highest BCUT2D eigenvalue weighted by atomic mass is 32.2. The fraction of sp³-hybridized carbons (Fsp3) is 0.450. The summed E-state index contributed by atoms with van der Waals surface area (Å²) in [6.07, 6.45) is -0.608. The molecule has 0 fully saturated rings. The number of carbonyl (C=O) groups excluding carboxylic acids is 2. The fourth-order valence-corrected chi connectivity index (χ4v) is 3.47. The zero-order chi connectivity index (χ0) is 20.1. The molecule has 0 saturated carbocycles. The summed E-state index contributed by atoms with van der Waals surface area (Å²) in [5.74, 6) is -0.130. The molecule has 0 aliphatic carbocycles. The minimum absolute atomic E-state index is 0.250. The number of rotatable bonds is 7. The number of nitrogens with one attached hydrogen (secondary N) is 1. The number of nitrogens with zero attached hydrogens (tertiary/aromatic N) is 2. The molecule has 0 aliphatic heterocycles. The maximum Gasteiger partial charge on any atom is 0.307 e. The highest BCUT2D eigenvalue weighted by molar-refractivity contribution is 7.99. The molecule has 2 rings (SSSR count). The van der Waals surface area contributed by atoms with Crippen LogP contribution in [0.1, 0.15) is 35.9 Å². The van der Waals surface area contributed by atoms with Crippen LogP contribution in [0.4, 0.5) is 5.69 Å². The number of aromatic nitrogens is 2. The van der Waals surface area contributed by atoms with E-state index in [1.807, 2.05) is 27.0 Å². The van der Waals surface area contributed by atoms with Crippen molar-refractivity contribution in [1.29, 1.82) is 0 Å². The summed E-state index contributed by atoms with van der Waals surface area (Å²) in [6.45, 7) is 9.41. The van der Waals surface area contributed by atoms with Gasteiger partial charge in [-0.3, -0.25) is 14.3 Å². The summed E-state index contributed by atoms with van der Waals surface area (Å²) in [6, 6.07) is 6.23. The maximum absolute atomic E-state index is 12.3. The molecule has 0 saturated heterocycles. The van der Waals surface area contributed by atoms with E-state index in [1.165, 1.54) is 11.1 Å². The van der Waals surface area contributed by atoms with E-state index in [4.69, 9.17) is 4.74 Å². The Bertz CT molecular complexity index is 845. The van der Waals surface area contributed by atoms with Crippen molar-refractivity contribution in [2.75, 3.05) is 11.1 Å². The minimum atomic E-state index is -0.858. The van der Waals surface area contributed by atoms with Crippen LogP contribution >= 0.6 is 11.8 Å². The molecule has 0 radical (unpaired) electrons. The van der Waals surface area contributed by atoms with Crippen LogP contribution < -0.4 is 5.32 Å². The molecule has 0 spiro atoms. The molecule has 0 unspecified atom stereocenters. The first-order chi connectivity index (χ1) is 12.7. The van der Waals surface area contributed by atoms with Gasteiger partial charge in [0.1, 0.15) is 0 Å². The molecule has 1 N–H and O–H groups in total. The highest BCUT2D eigenvalue weighted by Gasteiger charge is 2.20. The van der Waals surface area contributed by atoms with Crippen molar-refractivity contribution in [3.8, 4) is 0 Å². The third kappa shape index (κ3) is 5.60. The first kappa shape index (κ1) is 21.0. The van der Waals surface area contributed by atoms with Crippen LogP contribution in [0.25, 0.3) is 0 Å². The lowest BCUT2D eigenvalue weighted by Gasteiger charge is -2.14. The van der Waals surface area contributed by atoms with Crippen molar-refractivity contribution in [2.24, 2.45) is 7.05 Å². The summed E-state index contributed by atoms with van der Waals surface area (Å²) in [7, 11) is 1.81. The number of benzene rings is 1. The normalized spacial score (nSPS) is 11.9. The van der Waals surface area contributed by atoms with Crippen LogP contribution in [0, 0.1) is 27.7 Å². The number of esters is 1. The Balaban J connectivity index is 1.80. The quantitative estimate of drug-likeness (QED) is 0.577. The molecular weight excluding hydrogens is 362 g/mol. The third-order valence-electron chi connectivity index (χ3n) is 4.49. The van der Waals surface area contributed by atoms with Gasteiger partial charge in [-0.2, -0.15) is 5.10 Å². The molecule has 1 atom stereocenters. The second kappa shape index (κ2) is 9.08. The van der Waals surface area contributed by atoms with Crippen molar-refractivity contribution >= 4 is 29.3 Å². The number of carbonyl (C=O) groups is 2. The van der Waals surface area contributed by atoms with Crippen molar-refractivity contribution in [3.63, 3.8) is 0 Å². The van der Waals surface area contributed by atoms with Crippen LogP contribution in [0.2, 0.25) is 0 Å². The van der Waals surface area contributed by atoms with E-state index in [0.717, 1.165) is 16.3 Å². The molecule has 7 heteroatoms. The SMILES string of the molecule is Cc1ccc(SCCC(=O)O[C@@H](C)C(=O)Nc2c(C)nn(C)c2C)cc1C. The Hall–Kier alpha value is -2.28. The summed E-state index contributed by atoms with van der Waals surface area (Å²) >= 11 is 1.60. The summed E-state index contributed by atoms with van der Waals surface area (Å²) in [4.78, 5) is 25.4. The van der Waals surface area contributed by atoms with Gasteiger partial charge >= 0.3 is 5.97 Å². The van der Waals surface area contributed by atoms with Gasteiger partial charge < -0.3 is 10.1 Å². The van der Waals surface area contributed by atoms with Crippen molar-refractivity contribution in [3.05, 3.63) is 40.7 Å². The lowest BCUT2D eigenvalue weighted by atomic mass is 10.1. The Kier molecular flexibility index (Phi) is 7.07. The zero-order valence-electron chi connectivity index (χ0n) is 16.8. The van der Waals surface area contributed by atoms with Gasteiger partial charge in [-0.05, 0) is 57.9 Å². The van der Waals surface area contributed by atoms with Crippen LogP contribution in [-0.2, 0) is 21.4 Å². The number of hydrogen-bond donors (Lipinski definition) is 1. The average molecular weight is 390 g/mol. The topological polar surface area (TPSA) is 73.2 Å². The number of hydrogen-bond acceptors (Lipinski definition) is 5. The number of ether oxygens (including phenoxy) is 1. The van der Waals surface area contributed by atoms with Crippen molar-refractivity contribution in [1.82, 2.24) is 9.78 Å². The van der Waals surface area contributed by atoms with Crippen LogP contribution in [0.5, 0.6) is 0 Å². The number of aryl methyl sites for hydroxylation is 4. The second-order valence-electron chi connectivity index (χ2n) is 6.64. The molecule has 146 valence electrons. The van der Waals surface area contributed by atoms with Gasteiger partial charge in [-0.1, -0.05) is 6.07 Å². The Labute approximate surface area is 164 Å². The van der Waals surface area contributed by atoms with Crippen LogP contribution in [0.3, 0.4) is 0 Å². The summed E-state index contributed by atoms with van der Waals surface area (Å²) < 4.78 is 6.96. The molecule has 1 heterocycles. The smallest absolute Gasteiger partial charge is 0.307 e. The van der Waals surface area contributed by atoms with E-state index in [1.54, 1.807) is 23.4 Å². The highest BCUT2D eigenvalue weighted by Crippen LogP contribution is 2.22. The number of amides is 1. The van der Waals surface area contributed by atoms with E-state index in [2.05, 4.69) is 36.4 Å². The third-order valence-corrected chi connectivity index (χ3v) is 5.48. The van der Waals surface area contributed by atoms with Gasteiger partial charge in [0.25, 0.3) is 5.91 Å². The van der Waals surface area contributed by atoms with Gasteiger partial charge in [0.05, 0.1) is 23.5 Å². The van der Waals surface area contributed by atoms with Crippen molar-refractivity contribution in [2.45, 2.75) is 52.0 Å². The standard InChI is InChI=1S/C20H27N3O3S/c1-12-7-8-17(11-13(12)2)27-10-9-18(24)26-16(5)20(25)21-19-14(3)22-23(6)15(19)4/h7-8,11,16H,9-10H2,1-6H3,(H,21,25)/t16-/m0/s1. The molecule has 27 heavy (non-hydrogen) atoms. The monoisotopic (exact) mass is 389 g/mol. The van der Waals surface area contributed by atoms with Gasteiger partial charge in [-0.15, -0.1) is 11.8 Å². The van der Waals surface area contributed by atoms with Gasteiger partial charge in [-0.25, -0.2) is 0 Å². The zero-order valence-corrected chi connectivity index (χ0v) is 17.6. The van der Waals surface area contributed by atoms with Gasteiger partial charge in [0.2, 0.25) is 0 Å². The molecule has 1 aromatic heterocycles. The predicted octanol–water partition coefficient (Wildman–Crippen LogP) is 3.71. The van der Waals surface area contributed by atoms with E-state index in [9.17, 15) is 9.59 Å². The summed E-state index contributed by atoms with van der Waals surface area (Å²) in [5, 5.41) is 7.05. The van der Waals surface area contributed by atoms with Crippen LogP contribution in [0.15, 0.2) is 23.1 Å². The molecule has 0 aliphatic rings. The Morgan fingerprint density at radius 2 is 1.93 bits per heavy atom. The predicted molar refractivity (Wildman–Crippen MR) is 108 cm³/mol. The minimum Gasteiger partial charge on any atom is -0.453 e. The number of thioether (sulfide) groups is 1. The lowest BCUT2D eigenvalue weighted by Crippen LogP contribution is -2.30. The second-order valence-corrected chi connectivity index (χ2v) is 7.80. The lowest BCUT2D eigenvalue weighted by molar-refractivity contribution is -0.152. The Morgan fingerprint density at radius 3 is 2.52 bits per heavy atom. The average Bonchev–Trinajstić information content (AvgIpc) is 2.84. The van der Waals surface area contributed by atoms with E-state index in [-0.39, 0.29) is 18.3 Å². The first-order valence-electron chi connectivity index (χ1n) is 8.89. The first-order valence-corrected chi connectivity index (χ1v) is 9.88. The molecule has 2 aromatic rings. The molecule has 0 bridgehead atoms. The Morgan fingerprint density at radius 1 is 1.22 bits per heavy atom. The van der Waals surface area contributed by atoms with E-state index in [0.29, 0.717) is 11.4 Å². The van der Waals surface area contributed by atoms with Gasteiger partial charge in [0, 0.05) is 17.7 Å². The largest absolute Gasteiger partial charge is 0.453 e. The molecule has 6 nitrogen and oxygen atoms in total.